The van der Waals surface area contributed by atoms with Gasteiger partial charge in [-0.05, 0) is 13.8 Å². The molecule has 12 heavy (non-hydrogen) atoms. The van der Waals surface area contributed by atoms with Crippen molar-refractivity contribution >= 4 is 5.91 Å². The molecule has 0 aromatic carbocycles. The highest BCUT2D eigenvalue weighted by Gasteiger charge is 2.15. The van der Waals surface area contributed by atoms with Gasteiger partial charge in [-0.2, -0.15) is 0 Å². The molecule has 0 spiro atoms. The number of aliphatic hydroxyl groups is 1. The van der Waals surface area contributed by atoms with Gasteiger partial charge in [-0.25, -0.2) is 0 Å². The fourth-order valence-corrected chi connectivity index (χ4v) is 0.985. The number of carbonyl (C=O) groups is 1. The lowest BCUT2D eigenvalue weighted by Gasteiger charge is -2.25. The van der Waals surface area contributed by atoms with Gasteiger partial charge >= 0.3 is 0 Å². The normalized spacial score (nSPS) is 10.4. The van der Waals surface area contributed by atoms with Gasteiger partial charge in [-0.1, -0.05) is 0 Å². The van der Waals surface area contributed by atoms with Crippen LogP contribution in [0.5, 0.6) is 0 Å². The number of hydrogen-bond acceptors (Lipinski definition) is 3. The smallest absolute Gasteiger partial charge is 0.248 e. The molecule has 0 heterocycles. The van der Waals surface area contributed by atoms with E-state index >= 15 is 0 Å². The van der Waals surface area contributed by atoms with Crippen LogP contribution in [0.15, 0.2) is 0 Å². The molecule has 0 fully saturated rings. The van der Waals surface area contributed by atoms with Gasteiger partial charge in [0.15, 0.2) is 0 Å². The Kier molecular flexibility index (Phi) is 5.66. The summed E-state index contributed by atoms with van der Waals surface area (Å²) in [6, 6.07) is 0.111. The third-order valence-corrected chi connectivity index (χ3v) is 1.55. The zero-order valence-electron chi connectivity index (χ0n) is 7.91. The Morgan fingerprint density at radius 2 is 2.17 bits per heavy atom. The molecular weight excluding hydrogens is 158 g/mol. The van der Waals surface area contributed by atoms with Crippen molar-refractivity contribution in [2.24, 2.45) is 0 Å². The molecular formula is C8H17NO3. The van der Waals surface area contributed by atoms with Gasteiger partial charge < -0.3 is 14.7 Å². The van der Waals surface area contributed by atoms with Crippen molar-refractivity contribution < 1.29 is 14.6 Å². The molecule has 4 heteroatoms. The zero-order chi connectivity index (χ0) is 9.56. The van der Waals surface area contributed by atoms with Crippen molar-refractivity contribution in [2.75, 3.05) is 26.9 Å². The molecule has 0 bridgehead atoms. The number of hydrogen-bond donors (Lipinski definition) is 1. The molecule has 0 radical (unpaired) electrons. The summed E-state index contributed by atoms with van der Waals surface area (Å²) in [6.45, 7) is 4.26. The molecule has 0 saturated heterocycles. The van der Waals surface area contributed by atoms with Gasteiger partial charge in [-0.3, -0.25) is 4.79 Å². The fraction of sp³-hybridized carbons (Fsp3) is 0.875. The predicted octanol–water partition coefficient (Wildman–Crippen LogP) is -0.138. The quantitative estimate of drug-likeness (QED) is 0.633. The molecule has 0 aromatic heterocycles. The molecule has 1 N–H and O–H groups in total. The number of amides is 1. The Balaban J connectivity index is 4.00. The zero-order valence-corrected chi connectivity index (χ0v) is 7.91. The van der Waals surface area contributed by atoms with E-state index in [0.717, 1.165) is 0 Å². The highest BCUT2D eigenvalue weighted by atomic mass is 16.5. The molecule has 0 aliphatic rings. The summed E-state index contributed by atoms with van der Waals surface area (Å²) in [4.78, 5) is 12.9. The summed E-state index contributed by atoms with van der Waals surface area (Å²) in [5.74, 6) is -0.0819. The largest absolute Gasteiger partial charge is 0.395 e. The molecule has 0 aromatic rings. The van der Waals surface area contributed by atoms with E-state index in [2.05, 4.69) is 0 Å². The number of methoxy groups -OCH3 is 1. The van der Waals surface area contributed by atoms with Gasteiger partial charge in [0.2, 0.25) is 5.91 Å². The van der Waals surface area contributed by atoms with Crippen LogP contribution < -0.4 is 0 Å². The number of rotatable bonds is 5. The van der Waals surface area contributed by atoms with Crippen molar-refractivity contribution in [3.05, 3.63) is 0 Å². The Morgan fingerprint density at radius 1 is 1.58 bits per heavy atom. The van der Waals surface area contributed by atoms with Crippen molar-refractivity contribution in [3.63, 3.8) is 0 Å². The van der Waals surface area contributed by atoms with Gasteiger partial charge in [-0.15, -0.1) is 0 Å². The standard InChI is InChI=1S/C8H17NO3/c1-7(2)9(4-5-10)8(11)6-12-3/h7,10H,4-6H2,1-3H3. The van der Waals surface area contributed by atoms with Crippen molar-refractivity contribution in [3.8, 4) is 0 Å². The van der Waals surface area contributed by atoms with Crippen molar-refractivity contribution in [1.82, 2.24) is 4.90 Å². The number of nitrogens with zero attached hydrogens (tertiary/aromatic N) is 1. The average molecular weight is 175 g/mol. The molecule has 0 atom stereocenters. The summed E-state index contributed by atoms with van der Waals surface area (Å²) in [5.41, 5.74) is 0. The second-order valence-electron chi connectivity index (χ2n) is 2.84. The van der Waals surface area contributed by atoms with E-state index in [1.807, 2.05) is 13.8 Å². The Labute approximate surface area is 73.1 Å². The number of ether oxygens (including phenoxy) is 1. The third kappa shape index (κ3) is 3.69. The summed E-state index contributed by atoms with van der Waals surface area (Å²) in [7, 11) is 1.48. The van der Waals surface area contributed by atoms with Crippen LogP contribution >= 0.6 is 0 Å². The van der Waals surface area contributed by atoms with Crippen molar-refractivity contribution in [2.45, 2.75) is 19.9 Å². The summed E-state index contributed by atoms with van der Waals surface area (Å²) < 4.78 is 4.71. The summed E-state index contributed by atoms with van der Waals surface area (Å²) >= 11 is 0. The maximum Gasteiger partial charge on any atom is 0.248 e. The first kappa shape index (κ1) is 11.4. The molecule has 0 saturated carbocycles. The first-order chi connectivity index (χ1) is 5.63. The van der Waals surface area contributed by atoms with Crippen LogP contribution in [-0.4, -0.2) is 48.8 Å². The topological polar surface area (TPSA) is 49.8 Å². The van der Waals surface area contributed by atoms with E-state index in [9.17, 15) is 4.79 Å². The monoisotopic (exact) mass is 175 g/mol. The molecule has 1 amide bonds. The first-order valence-electron chi connectivity index (χ1n) is 4.02. The lowest BCUT2D eigenvalue weighted by atomic mass is 10.3. The third-order valence-electron chi connectivity index (χ3n) is 1.55. The van der Waals surface area contributed by atoms with E-state index in [1.165, 1.54) is 7.11 Å². The number of carbonyl (C=O) groups excluding carboxylic acids is 1. The van der Waals surface area contributed by atoms with Crippen LogP contribution in [0.4, 0.5) is 0 Å². The summed E-state index contributed by atoms with van der Waals surface area (Å²) in [5, 5.41) is 8.67. The predicted molar refractivity (Wildman–Crippen MR) is 45.8 cm³/mol. The highest BCUT2D eigenvalue weighted by Crippen LogP contribution is 1.98. The molecule has 4 nitrogen and oxygen atoms in total. The van der Waals surface area contributed by atoms with Crippen LogP contribution in [0.3, 0.4) is 0 Å². The van der Waals surface area contributed by atoms with E-state index in [1.54, 1.807) is 4.90 Å². The Bertz CT molecular complexity index is 136. The second-order valence-corrected chi connectivity index (χ2v) is 2.84. The van der Waals surface area contributed by atoms with E-state index in [-0.39, 0.29) is 25.2 Å². The lowest BCUT2D eigenvalue weighted by Crippen LogP contribution is -2.40. The highest BCUT2D eigenvalue weighted by molar-refractivity contribution is 5.77. The molecule has 72 valence electrons. The van der Waals surface area contributed by atoms with Crippen LogP contribution in [0.2, 0.25) is 0 Å². The number of aliphatic hydroxyl groups excluding tert-OH is 1. The van der Waals surface area contributed by atoms with E-state index in [4.69, 9.17) is 9.84 Å². The summed E-state index contributed by atoms with van der Waals surface area (Å²) in [6.07, 6.45) is 0. The minimum absolute atomic E-state index is 0.00632. The van der Waals surface area contributed by atoms with Crippen LogP contribution in [0, 0.1) is 0 Å². The molecule has 0 aliphatic heterocycles. The SMILES string of the molecule is COCC(=O)N(CCO)C(C)C. The fourth-order valence-electron chi connectivity index (χ4n) is 0.985. The van der Waals surface area contributed by atoms with Gasteiger partial charge in [0.1, 0.15) is 6.61 Å². The second kappa shape index (κ2) is 5.97. The maximum absolute atomic E-state index is 11.3. The maximum atomic E-state index is 11.3. The van der Waals surface area contributed by atoms with Crippen LogP contribution in [0.25, 0.3) is 0 Å². The first-order valence-corrected chi connectivity index (χ1v) is 4.02. The average Bonchev–Trinajstić information content (AvgIpc) is 1.99. The molecule has 0 aliphatic carbocycles. The van der Waals surface area contributed by atoms with Crippen LogP contribution in [0.1, 0.15) is 13.8 Å². The van der Waals surface area contributed by atoms with E-state index in [0.29, 0.717) is 6.54 Å². The minimum atomic E-state index is -0.0819. The van der Waals surface area contributed by atoms with Crippen LogP contribution in [-0.2, 0) is 9.53 Å². The Morgan fingerprint density at radius 3 is 2.50 bits per heavy atom. The minimum Gasteiger partial charge on any atom is -0.395 e. The van der Waals surface area contributed by atoms with Gasteiger partial charge in [0, 0.05) is 19.7 Å². The Hall–Kier alpha value is -0.610. The molecule has 0 unspecified atom stereocenters. The van der Waals surface area contributed by atoms with Gasteiger partial charge in [0.05, 0.1) is 6.61 Å². The van der Waals surface area contributed by atoms with E-state index < -0.39 is 0 Å². The van der Waals surface area contributed by atoms with Gasteiger partial charge in [0.25, 0.3) is 0 Å². The van der Waals surface area contributed by atoms with Crippen molar-refractivity contribution in [1.29, 1.82) is 0 Å². The molecule has 0 rings (SSSR count). The lowest BCUT2D eigenvalue weighted by molar-refractivity contribution is -0.137.